The molecule has 1 amide bonds. The van der Waals surface area contributed by atoms with Crippen LogP contribution in [0.2, 0.25) is 5.02 Å². The van der Waals surface area contributed by atoms with E-state index >= 15 is 0 Å². The van der Waals surface area contributed by atoms with Gasteiger partial charge in [0.2, 0.25) is 5.91 Å². The minimum atomic E-state index is -3.78. The second-order valence-corrected chi connectivity index (χ2v) is 9.67. The van der Waals surface area contributed by atoms with Crippen molar-refractivity contribution in [3.05, 3.63) is 83.5 Å². The number of hydrogen-bond donors (Lipinski definition) is 2. The van der Waals surface area contributed by atoms with Gasteiger partial charge < -0.3 is 10.2 Å². The van der Waals surface area contributed by atoms with Crippen LogP contribution in [0.25, 0.3) is 6.08 Å². The lowest BCUT2D eigenvalue weighted by molar-refractivity contribution is -0.111. The van der Waals surface area contributed by atoms with Crippen LogP contribution in [0.5, 0.6) is 0 Å². The molecule has 2 aromatic carbocycles. The Morgan fingerprint density at radius 3 is 2.39 bits per heavy atom. The molecule has 0 radical (unpaired) electrons. The third kappa shape index (κ3) is 5.91. The number of rotatable bonds is 7. The smallest absolute Gasteiger partial charge is 0.261 e. The van der Waals surface area contributed by atoms with Crippen LogP contribution in [0.4, 0.5) is 17.2 Å². The Hall–Kier alpha value is -3.36. The van der Waals surface area contributed by atoms with Crippen LogP contribution in [-0.2, 0) is 14.8 Å². The SMILES string of the molecule is O=C(/C=C/c1ccc(S(=O)(=O)Nc2ccccc2Cl)cc1)Nc1ccc(N2CCCC2)nc1. The molecule has 3 aromatic rings. The molecule has 7 nitrogen and oxygen atoms in total. The summed E-state index contributed by atoms with van der Waals surface area (Å²) in [7, 11) is -3.78. The van der Waals surface area contributed by atoms with Gasteiger partial charge in [-0.1, -0.05) is 35.9 Å². The first kappa shape index (κ1) is 22.8. The monoisotopic (exact) mass is 482 g/mol. The van der Waals surface area contributed by atoms with Crippen molar-refractivity contribution in [3.8, 4) is 0 Å². The highest BCUT2D eigenvalue weighted by Gasteiger charge is 2.15. The van der Waals surface area contributed by atoms with Crippen LogP contribution in [-0.4, -0.2) is 32.4 Å². The first-order valence-electron chi connectivity index (χ1n) is 10.5. The van der Waals surface area contributed by atoms with Crippen LogP contribution >= 0.6 is 11.6 Å². The van der Waals surface area contributed by atoms with Crippen molar-refractivity contribution in [2.24, 2.45) is 0 Å². The molecule has 1 aliphatic heterocycles. The lowest BCUT2D eigenvalue weighted by Gasteiger charge is -2.16. The van der Waals surface area contributed by atoms with Gasteiger partial charge in [-0.2, -0.15) is 0 Å². The van der Waals surface area contributed by atoms with Gasteiger partial charge in [0, 0.05) is 19.2 Å². The Bertz CT molecular complexity index is 1250. The number of hydrogen-bond acceptors (Lipinski definition) is 5. The Balaban J connectivity index is 1.35. The van der Waals surface area contributed by atoms with Crippen LogP contribution < -0.4 is 14.9 Å². The van der Waals surface area contributed by atoms with Crippen molar-refractivity contribution in [1.29, 1.82) is 0 Å². The predicted molar refractivity (Wildman–Crippen MR) is 132 cm³/mol. The summed E-state index contributed by atoms with van der Waals surface area (Å²) in [5, 5.41) is 3.09. The molecule has 0 aliphatic carbocycles. The number of para-hydroxylation sites is 1. The molecule has 0 saturated carbocycles. The highest BCUT2D eigenvalue weighted by atomic mass is 35.5. The highest BCUT2D eigenvalue weighted by Crippen LogP contribution is 2.24. The second-order valence-electron chi connectivity index (χ2n) is 7.58. The molecule has 2 heterocycles. The van der Waals surface area contributed by atoms with E-state index in [1.807, 2.05) is 12.1 Å². The van der Waals surface area contributed by atoms with Crippen molar-refractivity contribution < 1.29 is 13.2 Å². The zero-order chi connectivity index (χ0) is 23.3. The summed E-state index contributed by atoms with van der Waals surface area (Å²) < 4.78 is 27.6. The zero-order valence-corrected chi connectivity index (χ0v) is 19.3. The number of nitrogens with one attached hydrogen (secondary N) is 2. The van der Waals surface area contributed by atoms with Gasteiger partial charge in [-0.05, 0) is 60.9 Å². The molecule has 4 rings (SSSR count). The first-order valence-corrected chi connectivity index (χ1v) is 12.3. The summed E-state index contributed by atoms with van der Waals surface area (Å²) in [6.07, 6.45) is 7.00. The largest absolute Gasteiger partial charge is 0.357 e. The van der Waals surface area contributed by atoms with Gasteiger partial charge in [0.1, 0.15) is 5.82 Å². The number of nitrogens with zero attached hydrogens (tertiary/aromatic N) is 2. The van der Waals surface area contributed by atoms with E-state index in [-0.39, 0.29) is 10.8 Å². The Labute approximate surface area is 198 Å². The highest BCUT2D eigenvalue weighted by molar-refractivity contribution is 7.92. The Morgan fingerprint density at radius 1 is 1.00 bits per heavy atom. The number of pyridine rings is 1. The van der Waals surface area contributed by atoms with E-state index in [9.17, 15) is 13.2 Å². The van der Waals surface area contributed by atoms with E-state index < -0.39 is 10.0 Å². The quantitative estimate of drug-likeness (QED) is 0.472. The molecule has 9 heteroatoms. The average molecular weight is 483 g/mol. The molecule has 33 heavy (non-hydrogen) atoms. The molecule has 2 N–H and O–H groups in total. The lowest BCUT2D eigenvalue weighted by Crippen LogP contribution is -2.18. The fraction of sp³-hybridized carbons (Fsp3) is 0.167. The summed E-state index contributed by atoms with van der Waals surface area (Å²) in [5.41, 5.74) is 1.60. The number of benzene rings is 2. The van der Waals surface area contributed by atoms with Gasteiger partial charge in [0.25, 0.3) is 10.0 Å². The van der Waals surface area contributed by atoms with Gasteiger partial charge >= 0.3 is 0 Å². The number of halogens is 1. The predicted octanol–water partition coefficient (Wildman–Crippen LogP) is 4.79. The number of anilines is 3. The van der Waals surface area contributed by atoms with E-state index in [1.54, 1.807) is 48.7 Å². The second kappa shape index (κ2) is 10.1. The maximum Gasteiger partial charge on any atom is 0.261 e. The molecule has 0 atom stereocenters. The Morgan fingerprint density at radius 2 is 1.73 bits per heavy atom. The van der Waals surface area contributed by atoms with Crippen molar-refractivity contribution in [3.63, 3.8) is 0 Å². The van der Waals surface area contributed by atoms with Crippen molar-refractivity contribution in [2.75, 3.05) is 28.0 Å². The molecular formula is C24H23ClN4O3S. The van der Waals surface area contributed by atoms with E-state index in [4.69, 9.17) is 11.6 Å². The summed E-state index contributed by atoms with van der Waals surface area (Å²) >= 11 is 6.03. The zero-order valence-electron chi connectivity index (χ0n) is 17.7. The third-order valence-corrected chi connectivity index (χ3v) is 6.89. The van der Waals surface area contributed by atoms with Crippen LogP contribution in [0.15, 0.2) is 77.8 Å². The third-order valence-electron chi connectivity index (χ3n) is 5.18. The van der Waals surface area contributed by atoms with Gasteiger partial charge in [-0.25, -0.2) is 13.4 Å². The van der Waals surface area contributed by atoms with Crippen LogP contribution in [0.3, 0.4) is 0 Å². The number of aromatic nitrogens is 1. The van der Waals surface area contributed by atoms with Crippen molar-refractivity contribution in [1.82, 2.24) is 4.98 Å². The maximum atomic E-state index is 12.6. The van der Waals surface area contributed by atoms with Gasteiger partial charge in [-0.15, -0.1) is 0 Å². The average Bonchev–Trinajstić information content (AvgIpc) is 3.35. The van der Waals surface area contributed by atoms with Crippen molar-refractivity contribution in [2.45, 2.75) is 17.7 Å². The maximum absolute atomic E-state index is 12.6. The minimum Gasteiger partial charge on any atom is -0.357 e. The van der Waals surface area contributed by atoms with E-state index in [0.29, 0.717) is 22.0 Å². The number of sulfonamides is 1. The molecule has 1 aliphatic rings. The molecule has 1 saturated heterocycles. The summed E-state index contributed by atoms with van der Waals surface area (Å²) in [6, 6.07) is 16.5. The molecular weight excluding hydrogens is 460 g/mol. The summed E-state index contributed by atoms with van der Waals surface area (Å²) in [6.45, 7) is 2.02. The Kier molecular flexibility index (Phi) is 6.96. The summed E-state index contributed by atoms with van der Waals surface area (Å²) in [5.74, 6) is 0.614. The van der Waals surface area contributed by atoms with E-state index in [1.165, 1.54) is 31.1 Å². The number of amides is 1. The standard InChI is InChI=1S/C24H23ClN4O3S/c25-21-5-1-2-6-22(21)28-33(31,32)20-11-7-18(8-12-20)9-14-24(30)27-19-10-13-23(26-17-19)29-15-3-4-16-29/h1-2,5-14,17,28H,3-4,15-16H2,(H,27,30)/b14-9+. The van der Waals surface area contributed by atoms with Crippen LogP contribution in [0, 0.1) is 0 Å². The van der Waals surface area contributed by atoms with Crippen LogP contribution in [0.1, 0.15) is 18.4 Å². The fourth-order valence-electron chi connectivity index (χ4n) is 3.45. The molecule has 1 aromatic heterocycles. The van der Waals surface area contributed by atoms with Crippen molar-refractivity contribution >= 4 is 50.8 Å². The van der Waals surface area contributed by atoms with Gasteiger partial charge in [0.05, 0.1) is 27.5 Å². The normalized spacial score (nSPS) is 13.9. The molecule has 0 bridgehead atoms. The molecule has 0 spiro atoms. The molecule has 1 fully saturated rings. The van der Waals surface area contributed by atoms with Gasteiger partial charge in [0.15, 0.2) is 0 Å². The molecule has 170 valence electrons. The lowest BCUT2D eigenvalue weighted by atomic mass is 10.2. The first-order chi connectivity index (χ1) is 15.9. The van der Waals surface area contributed by atoms with Gasteiger partial charge in [-0.3, -0.25) is 9.52 Å². The van der Waals surface area contributed by atoms with E-state index in [0.717, 1.165) is 18.9 Å². The molecule has 0 unspecified atom stereocenters. The topological polar surface area (TPSA) is 91.4 Å². The number of carbonyl (C=O) groups excluding carboxylic acids is 1. The van der Waals surface area contributed by atoms with E-state index in [2.05, 4.69) is 19.9 Å². The fourth-order valence-corrected chi connectivity index (χ4v) is 4.77. The minimum absolute atomic E-state index is 0.0909. The summed E-state index contributed by atoms with van der Waals surface area (Å²) in [4.78, 5) is 19.0. The number of carbonyl (C=O) groups is 1.